The molecule has 1 heterocycles. The number of benzene rings is 1. The van der Waals surface area contributed by atoms with Gasteiger partial charge >= 0.3 is 0 Å². The molecule has 3 heteroatoms. The fourth-order valence-corrected chi connectivity index (χ4v) is 1.97. The standard InChI is InChI=1S/C10H13NOS/c12-10-6-7(13)3-4-8(10)9-2-1-5-11-9/h3-4,6,9,11-13H,1-2,5H2/t9-/m1/s1. The fourth-order valence-electron chi connectivity index (χ4n) is 1.78. The number of hydrogen-bond donors (Lipinski definition) is 3. The van der Waals surface area contributed by atoms with Gasteiger partial charge in [-0.1, -0.05) is 6.07 Å². The molecule has 0 aromatic heterocycles. The lowest BCUT2D eigenvalue weighted by atomic mass is 10.0. The lowest BCUT2D eigenvalue weighted by Crippen LogP contribution is -2.12. The average molecular weight is 195 g/mol. The van der Waals surface area contributed by atoms with Gasteiger partial charge in [-0.05, 0) is 31.5 Å². The van der Waals surface area contributed by atoms with Crippen molar-refractivity contribution < 1.29 is 5.11 Å². The second-order valence-electron chi connectivity index (χ2n) is 3.39. The molecule has 0 amide bonds. The second kappa shape index (κ2) is 3.60. The van der Waals surface area contributed by atoms with Crippen molar-refractivity contribution in [2.45, 2.75) is 23.8 Å². The summed E-state index contributed by atoms with van der Waals surface area (Å²) >= 11 is 4.16. The molecule has 1 fully saturated rings. The molecule has 1 aliphatic heterocycles. The molecular formula is C10H13NOS. The van der Waals surface area contributed by atoms with Crippen LogP contribution in [0.25, 0.3) is 0 Å². The molecule has 1 saturated heterocycles. The van der Waals surface area contributed by atoms with Gasteiger partial charge in [0.25, 0.3) is 0 Å². The Morgan fingerprint density at radius 1 is 1.46 bits per heavy atom. The fraction of sp³-hybridized carbons (Fsp3) is 0.400. The van der Waals surface area contributed by atoms with E-state index in [1.165, 1.54) is 6.42 Å². The molecule has 0 aliphatic carbocycles. The van der Waals surface area contributed by atoms with Crippen LogP contribution in [0.5, 0.6) is 5.75 Å². The van der Waals surface area contributed by atoms with E-state index in [1.54, 1.807) is 6.07 Å². The van der Waals surface area contributed by atoms with Gasteiger partial charge < -0.3 is 10.4 Å². The van der Waals surface area contributed by atoms with Crippen LogP contribution in [0, 0.1) is 0 Å². The Labute approximate surface area is 83.4 Å². The highest BCUT2D eigenvalue weighted by atomic mass is 32.1. The van der Waals surface area contributed by atoms with Crippen molar-refractivity contribution in [1.82, 2.24) is 5.32 Å². The summed E-state index contributed by atoms with van der Waals surface area (Å²) in [5.41, 5.74) is 0.996. The highest BCUT2D eigenvalue weighted by Crippen LogP contribution is 2.31. The molecule has 1 aromatic rings. The van der Waals surface area contributed by atoms with Gasteiger partial charge in [0, 0.05) is 16.5 Å². The van der Waals surface area contributed by atoms with E-state index in [2.05, 4.69) is 17.9 Å². The van der Waals surface area contributed by atoms with E-state index in [-0.39, 0.29) is 0 Å². The van der Waals surface area contributed by atoms with Gasteiger partial charge in [0.1, 0.15) is 5.75 Å². The highest BCUT2D eigenvalue weighted by molar-refractivity contribution is 7.80. The van der Waals surface area contributed by atoms with E-state index in [0.717, 1.165) is 23.4 Å². The minimum Gasteiger partial charge on any atom is -0.508 e. The zero-order chi connectivity index (χ0) is 9.26. The first-order valence-electron chi connectivity index (χ1n) is 4.52. The minimum absolute atomic E-state index is 0.328. The van der Waals surface area contributed by atoms with Crippen molar-refractivity contribution in [2.75, 3.05) is 6.54 Å². The maximum Gasteiger partial charge on any atom is 0.121 e. The van der Waals surface area contributed by atoms with E-state index < -0.39 is 0 Å². The Balaban J connectivity index is 2.29. The zero-order valence-electron chi connectivity index (χ0n) is 7.33. The summed E-state index contributed by atoms with van der Waals surface area (Å²) in [7, 11) is 0. The predicted molar refractivity (Wildman–Crippen MR) is 55.3 cm³/mol. The number of phenols is 1. The molecule has 0 bridgehead atoms. The smallest absolute Gasteiger partial charge is 0.121 e. The van der Waals surface area contributed by atoms with Crippen LogP contribution in [0.1, 0.15) is 24.4 Å². The van der Waals surface area contributed by atoms with Crippen LogP contribution in [0.4, 0.5) is 0 Å². The summed E-state index contributed by atoms with van der Waals surface area (Å²) < 4.78 is 0. The van der Waals surface area contributed by atoms with Crippen LogP contribution in [0.15, 0.2) is 23.1 Å². The van der Waals surface area contributed by atoms with Crippen molar-refractivity contribution >= 4 is 12.6 Å². The lowest BCUT2D eigenvalue weighted by molar-refractivity contribution is 0.455. The van der Waals surface area contributed by atoms with Gasteiger partial charge in [-0.3, -0.25) is 0 Å². The number of aromatic hydroxyl groups is 1. The van der Waals surface area contributed by atoms with Crippen LogP contribution >= 0.6 is 12.6 Å². The molecule has 1 atom stereocenters. The largest absolute Gasteiger partial charge is 0.508 e. The maximum absolute atomic E-state index is 9.66. The Hall–Kier alpha value is -0.670. The lowest BCUT2D eigenvalue weighted by Gasteiger charge is -2.12. The third-order valence-electron chi connectivity index (χ3n) is 2.45. The molecule has 13 heavy (non-hydrogen) atoms. The number of nitrogens with one attached hydrogen (secondary N) is 1. The first-order valence-corrected chi connectivity index (χ1v) is 4.97. The molecule has 0 spiro atoms. The van der Waals surface area contributed by atoms with Gasteiger partial charge in [0.05, 0.1) is 0 Å². The maximum atomic E-state index is 9.66. The Kier molecular flexibility index (Phi) is 2.47. The summed E-state index contributed by atoms with van der Waals surface area (Å²) in [6.45, 7) is 1.05. The Morgan fingerprint density at radius 3 is 2.92 bits per heavy atom. The van der Waals surface area contributed by atoms with Gasteiger partial charge in [0.15, 0.2) is 0 Å². The van der Waals surface area contributed by atoms with Gasteiger partial charge in [-0.2, -0.15) is 0 Å². The summed E-state index contributed by atoms with van der Waals surface area (Å²) in [5, 5.41) is 13.0. The van der Waals surface area contributed by atoms with Crippen LogP contribution in [0.3, 0.4) is 0 Å². The topological polar surface area (TPSA) is 32.3 Å². The van der Waals surface area contributed by atoms with Gasteiger partial charge in [0.2, 0.25) is 0 Å². The summed E-state index contributed by atoms with van der Waals surface area (Å²) in [4.78, 5) is 0.805. The molecule has 1 aliphatic rings. The van der Waals surface area contributed by atoms with Crippen molar-refractivity contribution in [3.05, 3.63) is 23.8 Å². The zero-order valence-corrected chi connectivity index (χ0v) is 8.22. The minimum atomic E-state index is 0.328. The van der Waals surface area contributed by atoms with E-state index >= 15 is 0 Å². The molecule has 0 radical (unpaired) electrons. The van der Waals surface area contributed by atoms with Crippen LogP contribution in [-0.2, 0) is 0 Å². The molecule has 1 aromatic carbocycles. The van der Waals surface area contributed by atoms with Gasteiger partial charge in [-0.25, -0.2) is 0 Å². The Bertz CT molecular complexity index is 308. The first kappa shape index (κ1) is 8.91. The molecule has 2 rings (SSSR count). The van der Waals surface area contributed by atoms with Crippen molar-refractivity contribution in [3.8, 4) is 5.75 Å². The van der Waals surface area contributed by atoms with E-state index in [1.807, 2.05) is 12.1 Å². The first-order chi connectivity index (χ1) is 6.27. The Morgan fingerprint density at radius 2 is 2.31 bits per heavy atom. The van der Waals surface area contributed by atoms with E-state index in [9.17, 15) is 5.11 Å². The SMILES string of the molecule is Oc1cc(S)ccc1[C@H]1CCCN1. The third kappa shape index (κ3) is 1.81. The highest BCUT2D eigenvalue weighted by Gasteiger charge is 2.18. The van der Waals surface area contributed by atoms with E-state index in [0.29, 0.717) is 11.8 Å². The molecule has 2 N–H and O–H groups in total. The predicted octanol–water partition coefficient (Wildman–Crippen LogP) is 2.11. The molecule has 0 unspecified atom stereocenters. The molecule has 70 valence electrons. The summed E-state index contributed by atoms with van der Waals surface area (Å²) in [5.74, 6) is 0.354. The number of phenolic OH excluding ortho intramolecular Hbond substituents is 1. The molecule has 2 nitrogen and oxygen atoms in total. The average Bonchev–Trinajstić information content (AvgIpc) is 2.56. The van der Waals surface area contributed by atoms with Crippen LogP contribution in [0.2, 0.25) is 0 Å². The van der Waals surface area contributed by atoms with Crippen LogP contribution < -0.4 is 5.32 Å². The van der Waals surface area contributed by atoms with Crippen molar-refractivity contribution in [2.24, 2.45) is 0 Å². The summed E-state index contributed by atoms with van der Waals surface area (Å²) in [6, 6.07) is 5.88. The van der Waals surface area contributed by atoms with Crippen molar-refractivity contribution in [3.63, 3.8) is 0 Å². The quantitative estimate of drug-likeness (QED) is 0.600. The van der Waals surface area contributed by atoms with E-state index in [4.69, 9.17) is 0 Å². The normalized spacial score (nSPS) is 22.1. The number of rotatable bonds is 1. The van der Waals surface area contributed by atoms with Gasteiger partial charge in [-0.15, -0.1) is 12.6 Å². The molecular weight excluding hydrogens is 182 g/mol. The second-order valence-corrected chi connectivity index (χ2v) is 3.91. The third-order valence-corrected chi connectivity index (χ3v) is 2.73. The molecule has 0 saturated carbocycles. The summed E-state index contributed by atoms with van der Waals surface area (Å²) in [6.07, 6.45) is 2.30. The number of thiol groups is 1. The number of hydrogen-bond acceptors (Lipinski definition) is 3. The van der Waals surface area contributed by atoms with Crippen LogP contribution in [-0.4, -0.2) is 11.7 Å². The van der Waals surface area contributed by atoms with Crippen molar-refractivity contribution in [1.29, 1.82) is 0 Å². The monoisotopic (exact) mass is 195 g/mol.